The number of nitrogens with zero attached hydrogens (tertiary/aromatic N) is 3. The molecular formula is C27H37F3N4O4. The minimum absolute atomic E-state index is 0.0171. The summed E-state index contributed by atoms with van der Waals surface area (Å²) in [6.07, 6.45) is 1.22. The van der Waals surface area contributed by atoms with Gasteiger partial charge in [0.2, 0.25) is 5.91 Å². The average Bonchev–Trinajstić information content (AvgIpc) is 3.62. The number of amides is 1. The molecule has 1 aromatic rings. The largest absolute Gasteiger partial charge is 0.433 e. The number of methoxy groups -OCH3 is 1. The number of aliphatic hydroxyl groups is 1. The third kappa shape index (κ3) is 4.30. The fourth-order valence-corrected chi connectivity index (χ4v) is 7.64. The highest BCUT2D eigenvalue weighted by Crippen LogP contribution is 2.57. The van der Waals surface area contributed by atoms with E-state index in [2.05, 4.69) is 10.3 Å². The predicted molar refractivity (Wildman–Crippen MR) is 133 cm³/mol. The van der Waals surface area contributed by atoms with Crippen molar-refractivity contribution in [1.29, 1.82) is 0 Å². The van der Waals surface area contributed by atoms with Crippen molar-refractivity contribution in [3.8, 4) is 0 Å². The van der Waals surface area contributed by atoms with Crippen LogP contribution in [0.3, 0.4) is 0 Å². The molecule has 2 aliphatic carbocycles. The summed E-state index contributed by atoms with van der Waals surface area (Å²) in [5.41, 5.74) is -2.73. The molecule has 6 rings (SSSR count). The third-order valence-electron chi connectivity index (χ3n) is 9.87. The quantitative estimate of drug-likeness (QED) is 0.576. The van der Waals surface area contributed by atoms with Gasteiger partial charge in [-0.2, -0.15) is 13.2 Å². The number of piperazine rings is 1. The van der Waals surface area contributed by atoms with Crippen LogP contribution in [0, 0.1) is 5.41 Å². The van der Waals surface area contributed by atoms with E-state index in [4.69, 9.17) is 9.47 Å². The molecule has 3 saturated heterocycles. The van der Waals surface area contributed by atoms with E-state index >= 15 is 0 Å². The van der Waals surface area contributed by atoms with Crippen molar-refractivity contribution in [3.63, 3.8) is 0 Å². The predicted octanol–water partition coefficient (Wildman–Crippen LogP) is 2.74. The number of likely N-dealkylation sites (tertiary alicyclic amines) is 1. The van der Waals surface area contributed by atoms with Gasteiger partial charge in [0.05, 0.1) is 35.8 Å². The van der Waals surface area contributed by atoms with Gasteiger partial charge in [-0.15, -0.1) is 0 Å². The second kappa shape index (κ2) is 9.60. The highest BCUT2D eigenvalue weighted by molar-refractivity contribution is 5.86. The van der Waals surface area contributed by atoms with E-state index < -0.39 is 22.9 Å². The maximum atomic E-state index is 14.3. The minimum Gasteiger partial charge on any atom is -0.389 e. The number of carbonyl (C=O) groups is 1. The number of alkyl halides is 3. The van der Waals surface area contributed by atoms with Crippen molar-refractivity contribution in [3.05, 3.63) is 23.9 Å². The summed E-state index contributed by atoms with van der Waals surface area (Å²) < 4.78 is 50.8. The second-order valence-corrected chi connectivity index (χ2v) is 11.8. The lowest BCUT2D eigenvalue weighted by Gasteiger charge is -2.52. The summed E-state index contributed by atoms with van der Waals surface area (Å²) in [5.74, 6) is 0.324. The first-order valence-corrected chi connectivity index (χ1v) is 13.8. The van der Waals surface area contributed by atoms with Crippen LogP contribution in [0.2, 0.25) is 0 Å². The number of fused-ring (bicyclic) bond motifs is 2. The Labute approximate surface area is 220 Å². The average molecular weight is 539 g/mol. The number of carbonyl (C=O) groups excluding carboxylic acids is 1. The Morgan fingerprint density at radius 1 is 1.21 bits per heavy atom. The van der Waals surface area contributed by atoms with Gasteiger partial charge in [-0.25, -0.2) is 4.98 Å². The first-order valence-electron chi connectivity index (χ1n) is 13.8. The van der Waals surface area contributed by atoms with E-state index in [0.717, 1.165) is 25.3 Å². The van der Waals surface area contributed by atoms with Crippen LogP contribution in [0.1, 0.15) is 57.1 Å². The lowest BCUT2D eigenvalue weighted by molar-refractivity contribution is -0.178. The SMILES string of the molecule is CO[C@@H]1COCC[C@@H]1N[C@@H]1CC[C@@](C(=O)N2C[C@H]3C[C@@H]2CN3c2cccc(C(F)(F)F)n2)(C2(O)CCC2)C1. The van der Waals surface area contributed by atoms with Crippen LogP contribution in [0.15, 0.2) is 18.2 Å². The molecule has 6 atom stereocenters. The molecule has 2 N–H and O–H groups in total. The van der Waals surface area contributed by atoms with E-state index in [9.17, 15) is 23.1 Å². The van der Waals surface area contributed by atoms with E-state index in [1.54, 1.807) is 13.2 Å². The zero-order valence-electron chi connectivity index (χ0n) is 21.8. The molecule has 2 saturated carbocycles. The fraction of sp³-hybridized carbons (Fsp3) is 0.778. The van der Waals surface area contributed by atoms with Crippen LogP contribution >= 0.6 is 0 Å². The molecule has 38 heavy (non-hydrogen) atoms. The van der Waals surface area contributed by atoms with Crippen LogP contribution in [-0.4, -0.2) is 90.2 Å². The number of halogens is 3. The third-order valence-corrected chi connectivity index (χ3v) is 9.87. The maximum Gasteiger partial charge on any atom is 0.433 e. The lowest BCUT2D eigenvalue weighted by atomic mass is 9.59. The van der Waals surface area contributed by atoms with Gasteiger partial charge < -0.3 is 29.7 Å². The first kappa shape index (κ1) is 26.3. The van der Waals surface area contributed by atoms with E-state index in [-0.39, 0.29) is 36.2 Å². The van der Waals surface area contributed by atoms with Gasteiger partial charge in [0.15, 0.2) is 0 Å². The zero-order chi connectivity index (χ0) is 26.7. The maximum absolute atomic E-state index is 14.3. The van der Waals surface area contributed by atoms with Crippen molar-refractivity contribution < 1.29 is 32.5 Å². The Morgan fingerprint density at radius 2 is 2.03 bits per heavy atom. The number of nitrogens with one attached hydrogen (secondary N) is 1. The molecule has 210 valence electrons. The summed E-state index contributed by atoms with van der Waals surface area (Å²) in [6, 6.07) is 4.07. The minimum atomic E-state index is -4.50. The van der Waals surface area contributed by atoms with Gasteiger partial charge in [0.25, 0.3) is 0 Å². The van der Waals surface area contributed by atoms with Crippen molar-refractivity contribution >= 4 is 11.7 Å². The van der Waals surface area contributed by atoms with Gasteiger partial charge in [-0.1, -0.05) is 6.07 Å². The molecule has 11 heteroatoms. The molecule has 0 aromatic carbocycles. The topological polar surface area (TPSA) is 87.2 Å². The van der Waals surface area contributed by atoms with Crippen LogP contribution in [0.4, 0.5) is 19.0 Å². The standard InChI is InChI=1S/C27H37F3N4O4/c1-37-21-16-38-11-7-20(21)31-17-6-10-25(13-17,26(36)8-3-9-26)24(35)34-15-18-12-19(34)14-33(18)23-5-2-4-22(32-23)27(28,29)30/h2,4-5,17-21,31,36H,3,6-16H2,1H3/t17-,18-,19-,20+,21-,25-/m1/s1. The second-order valence-electron chi connectivity index (χ2n) is 11.8. The van der Waals surface area contributed by atoms with Crippen molar-refractivity contribution in [1.82, 2.24) is 15.2 Å². The van der Waals surface area contributed by atoms with Gasteiger partial charge >= 0.3 is 6.18 Å². The van der Waals surface area contributed by atoms with Crippen LogP contribution < -0.4 is 10.2 Å². The van der Waals surface area contributed by atoms with Gasteiger partial charge in [-0.3, -0.25) is 4.79 Å². The summed E-state index contributed by atoms with van der Waals surface area (Å²) in [6.45, 7) is 2.12. The number of aromatic nitrogens is 1. The number of pyridine rings is 1. The monoisotopic (exact) mass is 538 g/mol. The molecule has 0 radical (unpaired) electrons. The van der Waals surface area contributed by atoms with E-state index in [0.29, 0.717) is 64.2 Å². The first-order chi connectivity index (χ1) is 18.1. The highest BCUT2D eigenvalue weighted by Gasteiger charge is 2.64. The molecule has 1 aromatic heterocycles. The Kier molecular flexibility index (Phi) is 6.64. The molecule has 5 fully saturated rings. The van der Waals surface area contributed by atoms with Crippen LogP contribution in [-0.2, 0) is 20.4 Å². The Balaban J connectivity index is 1.17. The molecule has 0 unspecified atom stereocenters. The molecule has 3 aliphatic heterocycles. The molecule has 1 amide bonds. The Hall–Kier alpha value is -1.95. The summed E-state index contributed by atoms with van der Waals surface area (Å²) >= 11 is 0. The van der Waals surface area contributed by atoms with Crippen molar-refractivity contribution in [2.45, 2.75) is 93.4 Å². The number of anilines is 1. The molecule has 2 bridgehead atoms. The molecular weight excluding hydrogens is 501 g/mol. The fourth-order valence-electron chi connectivity index (χ4n) is 7.64. The summed E-state index contributed by atoms with van der Waals surface area (Å²) in [7, 11) is 1.69. The summed E-state index contributed by atoms with van der Waals surface area (Å²) in [4.78, 5) is 22.0. The molecule has 4 heterocycles. The Morgan fingerprint density at radius 3 is 2.68 bits per heavy atom. The number of ether oxygens (including phenoxy) is 2. The number of hydrogen-bond acceptors (Lipinski definition) is 7. The van der Waals surface area contributed by atoms with Gasteiger partial charge in [0, 0.05) is 38.9 Å². The number of hydrogen-bond donors (Lipinski definition) is 2. The lowest BCUT2D eigenvalue weighted by Crippen LogP contribution is -2.63. The highest BCUT2D eigenvalue weighted by atomic mass is 19.4. The van der Waals surface area contributed by atoms with Crippen LogP contribution in [0.5, 0.6) is 0 Å². The molecule has 5 aliphatic rings. The van der Waals surface area contributed by atoms with E-state index in [1.807, 2.05) is 9.80 Å². The van der Waals surface area contributed by atoms with Gasteiger partial charge in [0.1, 0.15) is 11.5 Å². The van der Waals surface area contributed by atoms with Crippen molar-refractivity contribution in [2.24, 2.45) is 5.41 Å². The van der Waals surface area contributed by atoms with E-state index in [1.165, 1.54) is 6.07 Å². The molecule has 0 spiro atoms. The zero-order valence-corrected chi connectivity index (χ0v) is 21.8. The summed E-state index contributed by atoms with van der Waals surface area (Å²) in [5, 5.41) is 15.4. The smallest absolute Gasteiger partial charge is 0.389 e. The van der Waals surface area contributed by atoms with Crippen LogP contribution in [0.25, 0.3) is 0 Å². The normalized spacial score (nSPS) is 36.5. The van der Waals surface area contributed by atoms with Gasteiger partial charge in [-0.05, 0) is 63.5 Å². The Bertz CT molecular complexity index is 1050. The number of rotatable bonds is 6. The van der Waals surface area contributed by atoms with Crippen molar-refractivity contribution in [2.75, 3.05) is 38.3 Å². The molecule has 8 nitrogen and oxygen atoms in total.